The lowest BCUT2D eigenvalue weighted by Crippen LogP contribution is -2.44. The molecule has 29 heavy (non-hydrogen) atoms. The molecule has 0 aliphatic heterocycles. The van der Waals surface area contributed by atoms with Crippen LogP contribution in [0.15, 0.2) is 60.7 Å². The predicted molar refractivity (Wildman–Crippen MR) is 107 cm³/mol. The second-order valence-electron chi connectivity index (χ2n) is 6.05. The molecule has 0 fully saturated rings. The van der Waals surface area contributed by atoms with Crippen molar-refractivity contribution >= 4 is 23.9 Å². The van der Waals surface area contributed by atoms with Crippen LogP contribution in [0.3, 0.4) is 0 Å². The van der Waals surface area contributed by atoms with Crippen molar-refractivity contribution in [3.63, 3.8) is 0 Å². The molecule has 2 aromatic carbocycles. The average molecular weight is 397 g/mol. The van der Waals surface area contributed by atoms with Crippen LogP contribution in [0.5, 0.6) is 5.75 Å². The first-order valence-corrected chi connectivity index (χ1v) is 8.92. The van der Waals surface area contributed by atoms with Crippen molar-refractivity contribution in [2.45, 2.75) is 12.5 Å². The van der Waals surface area contributed by atoms with Crippen molar-refractivity contribution in [2.24, 2.45) is 0 Å². The highest BCUT2D eigenvalue weighted by Crippen LogP contribution is 2.13. The minimum Gasteiger partial charge on any atom is -0.497 e. The van der Waals surface area contributed by atoms with Gasteiger partial charge in [0, 0.05) is 12.5 Å². The summed E-state index contributed by atoms with van der Waals surface area (Å²) < 4.78 is 14.8. The van der Waals surface area contributed by atoms with Gasteiger partial charge in [0.2, 0.25) is 0 Å². The predicted octanol–water partition coefficient (Wildman–Crippen LogP) is 2.15. The van der Waals surface area contributed by atoms with Crippen molar-refractivity contribution < 1.29 is 28.6 Å². The summed E-state index contributed by atoms with van der Waals surface area (Å²) in [5.41, 5.74) is 1.61. The Morgan fingerprint density at radius 1 is 1.03 bits per heavy atom. The maximum atomic E-state index is 12.1. The molecule has 152 valence electrons. The van der Waals surface area contributed by atoms with E-state index in [0.29, 0.717) is 5.75 Å². The van der Waals surface area contributed by atoms with E-state index < -0.39 is 30.5 Å². The van der Waals surface area contributed by atoms with Gasteiger partial charge in [-0.3, -0.25) is 4.79 Å². The first-order valence-electron chi connectivity index (χ1n) is 8.92. The molecule has 0 aromatic heterocycles. The maximum absolute atomic E-state index is 12.1. The van der Waals surface area contributed by atoms with Crippen molar-refractivity contribution in [2.75, 3.05) is 20.8 Å². The Morgan fingerprint density at radius 3 is 2.48 bits per heavy atom. The van der Waals surface area contributed by atoms with Crippen LogP contribution in [0, 0.1) is 0 Å². The number of nitrogens with one attached hydrogen (secondary N) is 1. The first-order chi connectivity index (χ1) is 14.0. The number of rotatable bonds is 9. The maximum Gasteiger partial charge on any atom is 0.331 e. The fraction of sp³-hybridized carbons (Fsp3) is 0.227. The zero-order chi connectivity index (χ0) is 21.1. The molecule has 0 bridgehead atoms. The molecule has 2 aromatic rings. The molecule has 0 saturated heterocycles. The molecule has 0 spiro atoms. The van der Waals surface area contributed by atoms with E-state index in [2.05, 4.69) is 5.32 Å². The number of amides is 1. The molecule has 0 heterocycles. The van der Waals surface area contributed by atoms with Crippen molar-refractivity contribution in [3.05, 3.63) is 71.8 Å². The second kappa shape index (κ2) is 11.3. The van der Waals surface area contributed by atoms with E-state index in [-0.39, 0.29) is 6.42 Å². The fourth-order valence-corrected chi connectivity index (χ4v) is 2.52. The minimum absolute atomic E-state index is 0.267. The van der Waals surface area contributed by atoms with Crippen molar-refractivity contribution in [3.8, 4) is 5.75 Å². The summed E-state index contributed by atoms with van der Waals surface area (Å²) in [6.45, 7) is -0.510. The largest absolute Gasteiger partial charge is 0.497 e. The van der Waals surface area contributed by atoms with Gasteiger partial charge >= 0.3 is 11.9 Å². The summed E-state index contributed by atoms with van der Waals surface area (Å²) in [5.74, 6) is -1.20. The number of benzene rings is 2. The van der Waals surface area contributed by atoms with Gasteiger partial charge in [-0.2, -0.15) is 0 Å². The van der Waals surface area contributed by atoms with Crippen LogP contribution in [0.25, 0.3) is 6.08 Å². The van der Waals surface area contributed by atoms with E-state index in [0.717, 1.165) is 11.1 Å². The van der Waals surface area contributed by atoms with Gasteiger partial charge in [0.15, 0.2) is 6.61 Å². The zero-order valence-electron chi connectivity index (χ0n) is 16.3. The lowest BCUT2D eigenvalue weighted by atomic mass is 10.1. The normalized spacial score (nSPS) is 11.5. The van der Waals surface area contributed by atoms with Gasteiger partial charge < -0.3 is 19.5 Å². The average Bonchev–Trinajstić information content (AvgIpc) is 2.76. The van der Waals surface area contributed by atoms with E-state index in [1.807, 2.05) is 30.3 Å². The van der Waals surface area contributed by atoms with Crippen molar-refractivity contribution in [1.29, 1.82) is 0 Å². The number of methoxy groups -OCH3 is 2. The highest BCUT2D eigenvalue weighted by atomic mass is 16.5. The number of carbonyl (C=O) groups is 3. The Labute approximate surface area is 169 Å². The molecule has 0 saturated carbocycles. The number of carbonyl (C=O) groups excluding carboxylic acids is 3. The van der Waals surface area contributed by atoms with Crippen LogP contribution in [-0.2, 0) is 30.3 Å². The van der Waals surface area contributed by atoms with Gasteiger partial charge in [-0.15, -0.1) is 0 Å². The molecule has 7 heteroatoms. The smallest absolute Gasteiger partial charge is 0.331 e. The third kappa shape index (κ3) is 7.50. The quantitative estimate of drug-likeness (QED) is 0.515. The molecule has 0 aliphatic rings. The Morgan fingerprint density at radius 2 is 1.79 bits per heavy atom. The lowest BCUT2D eigenvalue weighted by molar-refractivity contribution is -0.147. The second-order valence-corrected chi connectivity index (χ2v) is 6.05. The number of hydrogen-bond acceptors (Lipinski definition) is 6. The molecular weight excluding hydrogens is 374 g/mol. The molecule has 1 amide bonds. The van der Waals surface area contributed by atoms with Crippen molar-refractivity contribution in [1.82, 2.24) is 5.32 Å². The van der Waals surface area contributed by atoms with Crippen LogP contribution in [0.4, 0.5) is 0 Å². The zero-order valence-corrected chi connectivity index (χ0v) is 16.3. The summed E-state index contributed by atoms with van der Waals surface area (Å²) in [7, 11) is 2.80. The van der Waals surface area contributed by atoms with Gasteiger partial charge in [-0.05, 0) is 29.3 Å². The molecule has 7 nitrogen and oxygen atoms in total. The van der Waals surface area contributed by atoms with E-state index in [4.69, 9.17) is 14.2 Å². The summed E-state index contributed by atoms with van der Waals surface area (Å²) in [5, 5.41) is 2.53. The summed E-state index contributed by atoms with van der Waals surface area (Å²) in [6.07, 6.45) is 3.03. The fourth-order valence-electron chi connectivity index (χ4n) is 2.52. The SMILES string of the molecule is COC(=O)[C@H](Cc1ccccc1)NC(=O)COC(=O)/C=C/c1cccc(OC)c1. The minimum atomic E-state index is -0.874. The highest BCUT2D eigenvalue weighted by Gasteiger charge is 2.22. The van der Waals surface area contributed by atoms with Crippen LogP contribution in [0.2, 0.25) is 0 Å². The molecule has 0 aliphatic carbocycles. The Kier molecular flexibility index (Phi) is 8.44. The van der Waals surface area contributed by atoms with Gasteiger partial charge in [0.1, 0.15) is 11.8 Å². The number of esters is 2. The van der Waals surface area contributed by atoms with Crippen LogP contribution in [0.1, 0.15) is 11.1 Å². The summed E-state index contributed by atoms with van der Waals surface area (Å²) in [4.78, 5) is 35.9. The monoisotopic (exact) mass is 397 g/mol. The van der Waals surface area contributed by atoms with Gasteiger partial charge in [-0.1, -0.05) is 42.5 Å². The highest BCUT2D eigenvalue weighted by molar-refractivity contribution is 5.90. The third-order valence-corrected chi connectivity index (χ3v) is 3.95. The standard InChI is InChI=1S/C22H23NO6/c1-27-18-10-6-9-17(13-18)11-12-21(25)29-15-20(24)23-19(22(26)28-2)14-16-7-4-3-5-8-16/h3-13,19H,14-15H2,1-2H3,(H,23,24)/b12-11+/t19-/m0/s1. The summed E-state index contributed by atoms with van der Waals surface area (Å²) >= 11 is 0. The van der Waals surface area contributed by atoms with Gasteiger partial charge in [0.05, 0.1) is 14.2 Å². The van der Waals surface area contributed by atoms with Crippen LogP contribution >= 0.6 is 0 Å². The van der Waals surface area contributed by atoms with E-state index in [9.17, 15) is 14.4 Å². The van der Waals surface area contributed by atoms with Crippen LogP contribution in [-0.4, -0.2) is 44.7 Å². The molecular formula is C22H23NO6. The topological polar surface area (TPSA) is 90.9 Å². The molecule has 1 N–H and O–H groups in total. The van der Waals surface area contributed by atoms with Gasteiger partial charge in [-0.25, -0.2) is 9.59 Å². The van der Waals surface area contributed by atoms with E-state index in [1.165, 1.54) is 13.2 Å². The number of hydrogen-bond donors (Lipinski definition) is 1. The van der Waals surface area contributed by atoms with E-state index >= 15 is 0 Å². The third-order valence-electron chi connectivity index (χ3n) is 3.95. The summed E-state index contributed by atoms with van der Waals surface area (Å²) in [6, 6.07) is 15.4. The lowest BCUT2D eigenvalue weighted by Gasteiger charge is -2.16. The van der Waals surface area contributed by atoms with Crippen LogP contribution < -0.4 is 10.1 Å². The number of ether oxygens (including phenoxy) is 3. The Hall–Kier alpha value is -3.61. The molecule has 2 rings (SSSR count). The van der Waals surface area contributed by atoms with Gasteiger partial charge in [0.25, 0.3) is 5.91 Å². The molecule has 1 atom stereocenters. The Balaban J connectivity index is 1.86. The molecule has 0 radical (unpaired) electrons. The first kappa shape index (κ1) is 21.7. The molecule has 0 unspecified atom stereocenters. The van der Waals surface area contributed by atoms with E-state index in [1.54, 1.807) is 37.5 Å². The Bertz CT molecular complexity index is 863.